The maximum Gasteiger partial charge on any atom is 0.272 e. The maximum absolute atomic E-state index is 12.2. The summed E-state index contributed by atoms with van der Waals surface area (Å²) in [5, 5.41) is 18.0. The molecule has 0 saturated carbocycles. The van der Waals surface area contributed by atoms with Gasteiger partial charge in [-0.15, -0.1) is 0 Å². The average Bonchev–Trinajstić information content (AvgIpc) is 3.01. The van der Waals surface area contributed by atoms with Crippen LogP contribution in [0.25, 0.3) is 0 Å². The van der Waals surface area contributed by atoms with Crippen molar-refractivity contribution in [3.63, 3.8) is 0 Å². The highest BCUT2D eigenvalue weighted by atomic mass is 32.2. The number of nitrogens with zero attached hydrogens (tertiary/aromatic N) is 3. The first-order valence-electron chi connectivity index (χ1n) is 8.22. The second kappa shape index (κ2) is 8.05. The number of non-ortho nitro benzene ring substituents is 1. The number of anilines is 1. The second-order valence-corrected chi connectivity index (χ2v) is 7.30. The fourth-order valence-corrected chi connectivity index (χ4v) is 3.37. The van der Waals surface area contributed by atoms with E-state index in [1.807, 2.05) is 38.1 Å². The van der Waals surface area contributed by atoms with Crippen molar-refractivity contribution in [1.82, 2.24) is 9.78 Å². The molecule has 1 amide bonds. The molecule has 0 unspecified atom stereocenters. The van der Waals surface area contributed by atoms with E-state index >= 15 is 0 Å². The third kappa shape index (κ3) is 5.18. The Kier molecular flexibility index (Phi) is 5.56. The van der Waals surface area contributed by atoms with Gasteiger partial charge in [-0.3, -0.25) is 19.6 Å². The number of hydrogen-bond acceptors (Lipinski definition) is 5. The number of nitrogens with one attached hydrogen (secondary N) is 1. The summed E-state index contributed by atoms with van der Waals surface area (Å²) in [6, 6.07) is 12.4. The number of amides is 1. The summed E-state index contributed by atoms with van der Waals surface area (Å²) >= 11 is 1.40. The second-order valence-electron chi connectivity index (χ2n) is 6.15. The van der Waals surface area contributed by atoms with Gasteiger partial charge in [0.15, 0.2) is 0 Å². The van der Waals surface area contributed by atoms with Gasteiger partial charge < -0.3 is 5.32 Å². The minimum Gasteiger partial charge on any atom is -0.324 e. The van der Waals surface area contributed by atoms with Crippen molar-refractivity contribution in [2.45, 2.75) is 30.2 Å². The van der Waals surface area contributed by atoms with Crippen molar-refractivity contribution in [2.75, 3.05) is 5.32 Å². The van der Waals surface area contributed by atoms with Gasteiger partial charge in [0.05, 0.1) is 11.1 Å². The Hall–Kier alpha value is -3.13. The van der Waals surface area contributed by atoms with E-state index in [4.69, 9.17) is 0 Å². The zero-order valence-electron chi connectivity index (χ0n) is 14.9. The molecular weight excluding hydrogens is 364 g/mol. The molecule has 3 aromatic rings. The lowest BCUT2D eigenvalue weighted by atomic mass is 10.2. The molecule has 0 aliphatic rings. The van der Waals surface area contributed by atoms with Crippen LogP contribution in [0, 0.1) is 24.0 Å². The average molecular weight is 382 g/mol. The van der Waals surface area contributed by atoms with Gasteiger partial charge >= 0.3 is 0 Å². The Labute approximate surface area is 160 Å². The number of aromatic nitrogens is 2. The lowest BCUT2D eigenvalue weighted by molar-refractivity contribution is -0.385. The first-order valence-corrected chi connectivity index (χ1v) is 9.03. The number of benzene rings is 2. The maximum atomic E-state index is 12.2. The van der Waals surface area contributed by atoms with Crippen LogP contribution in [0.15, 0.2) is 64.6 Å². The van der Waals surface area contributed by atoms with E-state index in [2.05, 4.69) is 10.4 Å². The zero-order valence-corrected chi connectivity index (χ0v) is 15.7. The van der Waals surface area contributed by atoms with Gasteiger partial charge in [-0.05, 0) is 37.6 Å². The molecule has 1 aromatic heterocycles. The summed E-state index contributed by atoms with van der Waals surface area (Å²) in [5.74, 6) is -0.301. The summed E-state index contributed by atoms with van der Waals surface area (Å²) in [5.41, 5.74) is 2.40. The first-order chi connectivity index (χ1) is 12.9. The van der Waals surface area contributed by atoms with Crippen LogP contribution in [0.4, 0.5) is 11.4 Å². The van der Waals surface area contributed by atoms with Crippen LogP contribution in [0.3, 0.4) is 0 Å². The molecule has 0 fully saturated rings. The van der Waals surface area contributed by atoms with Crippen LogP contribution in [0.2, 0.25) is 0 Å². The number of rotatable bonds is 6. The predicted molar refractivity (Wildman–Crippen MR) is 104 cm³/mol. The van der Waals surface area contributed by atoms with Gasteiger partial charge in [0, 0.05) is 33.8 Å². The molecule has 138 valence electrons. The van der Waals surface area contributed by atoms with Gasteiger partial charge in [0.25, 0.3) is 5.69 Å². The quantitative estimate of drug-likeness (QED) is 0.510. The van der Waals surface area contributed by atoms with E-state index in [9.17, 15) is 14.9 Å². The first kappa shape index (κ1) is 18.7. The summed E-state index contributed by atoms with van der Waals surface area (Å²) in [4.78, 5) is 24.7. The molecule has 8 heteroatoms. The van der Waals surface area contributed by atoms with Gasteiger partial charge in [0.1, 0.15) is 6.54 Å². The Balaban J connectivity index is 1.79. The number of carbonyl (C=O) groups is 1. The van der Waals surface area contributed by atoms with E-state index in [1.165, 1.54) is 28.6 Å². The number of nitro groups is 1. The smallest absolute Gasteiger partial charge is 0.272 e. The molecule has 0 radical (unpaired) electrons. The number of carbonyl (C=O) groups excluding carboxylic acids is 1. The Bertz CT molecular complexity index is 983. The molecule has 0 bridgehead atoms. The molecular formula is C19H18N4O3S. The molecule has 0 saturated heterocycles. The van der Waals surface area contributed by atoms with Crippen LogP contribution in [0.5, 0.6) is 0 Å². The largest absolute Gasteiger partial charge is 0.324 e. The zero-order chi connectivity index (χ0) is 19.4. The van der Waals surface area contributed by atoms with Gasteiger partial charge in [0.2, 0.25) is 5.91 Å². The van der Waals surface area contributed by atoms with Crippen molar-refractivity contribution < 1.29 is 9.72 Å². The molecule has 0 atom stereocenters. The van der Waals surface area contributed by atoms with Gasteiger partial charge in [-0.25, -0.2) is 0 Å². The normalized spacial score (nSPS) is 10.6. The molecule has 27 heavy (non-hydrogen) atoms. The number of nitro benzene ring substituents is 1. The van der Waals surface area contributed by atoms with Crippen LogP contribution >= 0.6 is 11.8 Å². The van der Waals surface area contributed by atoms with Crippen LogP contribution in [-0.2, 0) is 11.3 Å². The van der Waals surface area contributed by atoms with E-state index in [0.29, 0.717) is 10.6 Å². The fourth-order valence-electron chi connectivity index (χ4n) is 2.46. The van der Waals surface area contributed by atoms with Gasteiger partial charge in [-0.1, -0.05) is 29.5 Å². The Morgan fingerprint density at radius 1 is 1.15 bits per heavy atom. The van der Waals surface area contributed by atoms with Crippen LogP contribution in [0.1, 0.15) is 11.1 Å². The minimum absolute atomic E-state index is 0.0387. The lowest BCUT2D eigenvalue weighted by Gasteiger charge is -2.08. The van der Waals surface area contributed by atoms with E-state index in [0.717, 1.165) is 16.0 Å². The van der Waals surface area contributed by atoms with Crippen molar-refractivity contribution in [3.05, 3.63) is 76.1 Å². The summed E-state index contributed by atoms with van der Waals surface area (Å²) < 4.78 is 1.52. The van der Waals surface area contributed by atoms with Crippen LogP contribution in [-0.4, -0.2) is 20.6 Å². The molecule has 1 heterocycles. The van der Waals surface area contributed by atoms with E-state index in [-0.39, 0.29) is 18.1 Å². The Morgan fingerprint density at radius 2 is 1.89 bits per heavy atom. The van der Waals surface area contributed by atoms with Crippen molar-refractivity contribution in [3.8, 4) is 0 Å². The summed E-state index contributed by atoms with van der Waals surface area (Å²) in [7, 11) is 0. The molecule has 0 aliphatic carbocycles. The molecule has 1 N–H and O–H groups in total. The highest BCUT2D eigenvalue weighted by Crippen LogP contribution is 2.33. The van der Waals surface area contributed by atoms with Gasteiger partial charge in [-0.2, -0.15) is 5.10 Å². The minimum atomic E-state index is -0.467. The summed E-state index contributed by atoms with van der Waals surface area (Å²) in [6.07, 6.45) is 3.42. The summed E-state index contributed by atoms with van der Waals surface area (Å²) in [6.45, 7) is 3.92. The highest BCUT2D eigenvalue weighted by Gasteiger charge is 2.13. The molecule has 3 rings (SSSR count). The lowest BCUT2D eigenvalue weighted by Crippen LogP contribution is -2.19. The Morgan fingerprint density at radius 3 is 2.52 bits per heavy atom. The topological polar surface area (TPSA) is 90.1 Å². The SMILES string of the molecule is Cc1ccc(Sc2cc(NC(=O)Cn3cc(C)cn3)cc([N+](=O)[O-])c2)cc1. The van der Waals surface area contributed by atoms with E-state index < -0.39 is 4.92 Å². The predicted octanol–water partition coefficient (Wildman–Crippen LogP) is 4.20. The van der Waals surface area contributed by atoms with E-state index in [1.54, 1.807) is 18.5 Å². The molecule has 0 spiro atoms. The standard InChI is InChI=1S/C19H18N4O3S/c1-13-3-5-17(6-4-13)27-18-8-15(7-16(9-18)23(25)26)21-19(24)12-22-11-14(2)10-20-22/h3-11H,12H2,1-2H3,(H,21,24). The third-order valence-electron chi connectivity index (χ3n) is 3.71. The van der Waals surface area contributed by atoms with Crippen LogP contribution < -0.4 is 5.32 Å². The monoisotopic (exact) mass is 382 g/mol. The number of hydrogen-bond donors (Lipinski definition) is 1. The van der Waals surface area contributed by atoms with Crippen molar-refractivity contribution >= 4 is 29.0 Å². The van der Waals surface area contributed by atoms with Crippen molar-refractivity contribution in [2.24, 2.45) is 0 Å². The highest BCUT2D eigenvalue weighted by molar-refractivity contribution is 7.99. The molecule has 2 aromatic carbocycles. The molecule has 0 aliphatic heterocycles. The fraction of sp³-hybridized carbons (Fsp3) is 0.158. The number of aryl methyl sites for hydroxylation is 2. The van der Waals surface area contributed by atoms with Crippen molar-refractivity contribution in [1.29, 1.82) is 0 Å². The molecule has 7 nitrogen and oxygen atoms in total. The third-order valence-corrected chi connectivity index (χ3v) is 4.69.